The number of hydrogen-bond donors (Lipinski definition) is 0. The monoisotopic (exact) mass is 242 g/mol. The molecule has 0 radical (unpaired) electrons. The fraction of sp³-hybridized carbons (Fsp3) is 0.500. The van der Waals surface area contributed by atoms with Crippen molar-refractivity contribution >= 4 is 0 Å². The van der Waals surface area contributed by atoms with Crippen molar-refractivity contribution in [1.82, 2.24) is 0 Å². The fourth-order valence-corrected chi connectivity index (χ4v) is 1.32. The highest BCUT2D eigenvalue weighted by atomic mass is 16.7. The van der Waals surface area contributed by atoms with Gasteiger partial charge in [-0.1, -0.05) is 0 Å². The Morgan fingerprint density at radius 3 is 1.94 bits per heavy atom. The molecule has 0 fully saturated rings. The highest BCUT2D eigenvalue weighted by Crippen LogP contribution is 2.34. The van der Waals surface area contributed by atoms with Gasteiger partial charge in [-0.15, -0.1) is 0 Å². The molecule has 0 aliphatic carbocycles. The summed E-state index contributed by atoms with van der Waals surface area (Å²) >= 11 is 0. The smallest absolute Gasteiger partial charge is 0.188 e. The van der Waals surface area contributed by atoms with Crippen LogP contribution in [0.2, 0.25) is 0 Å². The molecule has 17 heavy (non-hydrogen) atoms. The van der Waals surface area contributed by atoms with Crippen LogP contribution in [0, 0.1) is 6.92 Å². The Bertz CT molecular complexity index is 351. The van der Waals surface area contributed by atoms with Crippen molar-refractivity contribution in [2.45, 2.75) is 6.92 Å². The number of hydrogen-bond acceptors (Lipinski definition) is 5. The van der Waals surface area contributed by atoms with Gasteiger partial charge < -0.3 is 23.7 Å². The second kappa shape index (κ2) is 6.98. The van der Waals surface area contributed by atoms with Crippen LogP contribution in [-0.4, -0.2) is 34.9 Å². The van der Waals surface area contributed by atoms with Gasteiger partial charge in [-0.3, -0.25) is 0 Å². The average molecular weight is 242 g/mol. The lowest BCUT2D eigenvalue weighted by molar-refractivity contribution is 0.0463. The van der Waals surface area contributed by atoms with Crippen LogP contribution in [0.4, 0.5) is 0 Å². The molecule has 1 rings (SSSR count). The van der Waals surface area contributed by atoms with Crippen LogP contribution < -0.4 is 14.2 Å². The van der Waals surface area contributed by atoms with Gasteiger partial charge in [-0.25, -0.2) is 0 Å². The lowest BCUT2D eigenvalue weighted by Crippen LogP contribution is -2.04. The molecule has 0 aliphatic heterocycles. The zero-order valence-electron chi connectivity index (χ0n) is 10.6. The minimum absolute atomic E-state index is 0.175. The molecular formula is C12H18O5. The van der Waals surface area contributed by atoms with Crippen LogP contribution >= 0.6 is 0 Å². The molecular weight excluding hydrogens is 224 g/mol. The molecule has 0 aromatic heterocycles. The summed E-state index contributed by atoms with van der Waals surface area (Å²) in [7, 11) is 4.71. The van der Waals surface area contributed by atoms with Crippen molar-refractivity contribution in [3.05, 3.63) is 17.7 Å². The van der Waals surface area contributed by atoms with E-state index in [1.165, 1.54) is 0 Å². The average Bonchev–Trinajstić information content (AvgIpc) is 2.35. The summed E-state index contributed by atoms with van der Waals surface area (Å²) in [4.78, 5) is 0. The van der Waals surface area contributed by atoms with E-state index in [9.17, 15) is 0 Å². The van der Waals surface area contributed by atoms with Gasteiger partial charge >= 0.3 is 0 Å². The molecule has 0 amide bonds. The van der Waals surface area contributed by atoms with Crippen molar-refractivity contribution < 1.29 is 23.7 Å². The van der Waals surface area contributed by atoms with Crippen molar-refractivity contribution in [1.29, 1.82) is 0 Å². The first-order chi connectivity index (χ1) is 8.22. The maximum Gasteiger partial charge on any atom is 0.188 e. The van der Waals surface area contributed by atoms with E-state index in [1.807, 2.05) is 13.0 Å². The quantitative estimate of drug-likeness (QED) is 0.684. The standard InChI is InChI=1S/C12H18O5/c1-9-5-12(17-8-14-3)11(15-4)6-10(9)16-7-13-2/h5-6H,7-8H2,1-4H3. The molecule has 0 bridgehead atoms. The number of benzene rings is 1. The van der Waals surface area contributed by atoms with Crippen LogP contribution in [-0.2, 0) is 9.47 Å². The Balaban J connectivity index is 2.89. The lowest BCUT2D eigenvalue weighted by Gasteiger charge is -2.14. The van der Waals surface area contributed by atoms with Crippen LogP contribution in [0.3, 0.4) is 0 Å². The van der Waals surface area contributed by atoms with E-state index in [1.54, 1.807) is 27.4 Å². The minimum Gasteiger partial charge on any atom is -0.493 e. The van der Waals surface area contributed by atoms with Gasteiger partial charge in [0.15, 0.2) is 25.1 Å². The highest BCUT2D eigenvalue weighted by molar-refractivity contribution is 5.50. The maximum absolute atomic E-state index is 5.40. The van der Waals surface area contributed by atoms with Gasteiger partial charge in [-0.2, -0.15) is 0 Å². The van der Waals surface area contributed by atoms with Gasteiger partial charge in [0.2, 0.25) is 0 Å². The summed E-state index contributed by atoms with van der Waals surface area (Å²) in [6.45, 7) is 2.29. The first kappa shape index (κ1) is 13.6. The van der Waals surface area contributed by atoms with Crippen molar-refractivity contribution in [2.75, 3.05) is 34.9 Å². The Kier molecular flexibility index (Phi) is 5.59. The first-order valence-corrected chi connectivity index (χ1v) is 5.15. The fourth-order valence-electron chi connectivity index (χ4n) is 1.32. The Morgan fingerprint density at radius 1 is 0.824 bits per heavy atom. The molecule has 0 saturated heterocycles. The summed E-state index contributed by atoms with van der Waals surface area (Å²) in [5.41, 5.74) is 0.939. The number of ether oxygens (including phenoxy) is 5. The summed E-state index contributed by atoms with van der Waals surface area (Å²) in [6.07, 6.45) is 0. The molecule has 1 aromatic carbocycles. The van der Waals surface area contributed by atoms with E-state index >= 15 is 0 Å². The molecule has 0 heterocycles. The predicted molar refractivity (Wildman–Crippen MR) is 62.7 cm³/mol. The van der Waals surface area contributed by atoms with E-state index in [2.05, 4.69) is 0 Å². The third-order valence-electron chi connectivity index (χ3n) is 2.13. The van der Waals surface area contributed by atoms with Crippen molar-refractivity contribution in [3.63, 3.8) is 0 Å². The second-order valence-electron chi connectivity index (χ2n) is 3.37. The molecule has 0 unspecified atom stereocenters. The number of aryl methyl sites for hydroxylation is 1. The molecule has 5 heteroatoms. The van der Waals surface area contributed by atoms with Crippen LogP contribution in [0.5, 0.6) is 17.2 Å². The summed E-state index contributed by atoms with van der Waals surface area (Å²) in [5, 5.41) is 0. The predicted octanol–water partition coefficient (Wildman–Crippen LogP) is 1.97. The van der Waals surface area contributed by atoms with E-state index in [4.69, 9.17) is 23.7 Å². The Morgan fingerprint density at radius 2 is 1.41 bits per heavy atom. The van der Waals surface area contributed by atoms with E-state index in [0.29, 0.717) is 17.2 Å². The molecule has 0 saturated carbocycles. The summed E-state index contributed by atoms with van der Waals surface area (Å²) in [6, 6.07) is 3.60. The molecule has 0 N–H and O–H groups in total. The zero-order valence-corrected chi connectivity index (χ0v) is 10.6. The summed E-state index contributed by atoms with van der Waals surface area (Å²) < 4.78 is 25.7. The topological polar surface area (TPSA) is 46.2 Å². The zero-order chi connectivity index (χ0) is 12.7. The number of methoxy groups -OCH3 is 3. The molecule has 1 aromatic rings. The van der Waals surface area contributed by atoms with Crippen molar-refractivity contribution in [3.8, 4) is 17.2 Å². The second-order valence-corrected chi connectivity index (χ2v) is 3.37. The van der Waals surface area contributed by atoms with Crippen LogP contribution in [0.1, 0.15) is 5.56 Å². The van der Waals surface area contributed by atoms with E-state index in [-0.39, 0.29) is 13.6 Å². The summed E-state index contributed by atoms with van der Waals surface area (Å²) in [5.74, 6) is 1.92. The van der Waals surface area contributed by atoms with Crippen LogP contribution in [0.25, 0.3) is 0 Å². The molecule has 0 aliphatic rings. The number of rotatable bonds is 7. The normalized spacial score (nSPS) is 10.1. The van der Waals surface area contributed by atoms with Gasteiger partial charge in [0.1, 0.15) is 5.75 Å². The molecule has 5 nitrogen and oxygen atoms in total. The Labute approximate surface area is 101 Å². The van der Waals surface area contributed by atoms with E-state index < -0.39 is 0 Å². The van der Waals surface area contributed by atoms with Gasteiger partial charge in [0.25, 0.3) is 0 Å². The van der Waals surface area contributed by atoms with E-state index in [0.717, 1.165) is 5.56 Å². The van der Waals surface area contributed by atoms with Gasteiger partial charge in [-0.05, 0) is 18.6 Å². The first-order valence-electron chi connectivity index (χ1n) is 5.15. The SMILES string of the molecule is COCOc1cc(OC)c(OCOC)cc1C. The highest BCUT2D eigenvalue weighted by Gasteiger charge is 2.10. The lowest BCUT2D eigenvalue weighted by atomic mass is 10.2. The third kappa shape index (κ3) is 3.80. The van der Waals surface area contributed by atoms with Gasteiger partial charge in [0.05, 0.1) is 7.11 Å². The van der Waals surface area contributed by atoms with Crippen LogP contribution in [0.15, 0.2) is 12.1 Å². The van der Waals surface area contributed by atoms with Crippen molar-refractivity contribution in [2.24, 2.45) is 0 Å². The van der Waals surface area contributed by atoms with Gasteiger partial charge in [0, 0.05) is 20.3 Å². The third-order valence-corrected chi connectivity index (χ3v) is 2.13. The minimum atomic E-state index is 0.175. The largest absolute Gasteiger partial charge is 0.493 e. The molecule has 0 spiro atoms. The Hall–Kier alpha value is -1.46. The molecule has 0 atom stereocenters. The molecule has 96 valence electrons. The maximum atomic E-state index is 5.40.